The molecule has 4 rings (SSSR count). The minimum Gasteiger partial charge on any atom is -0.390 e. The molecular formula is C24H36N2O2. The van der Waals surface area contributed by atoms with E-state index in [1.54, 1.807) is 0 Å². The molecule has 0 bridgehead atoms. The van der Waals surface area contributed by atoms with Crippen LogP contribution in [0.15, 0.2) is 24.3 Å². The Balaban J connectivity index is 1.32. The number of hydrogen-bond donors (Lipinski definition) is 1. The summed E-state index contributed by atoms with van der Waals surface area (Å²) in [6, 6.07) is 8.81. The molecule has 1 aromatic carbocycles. The molecule has 0 aromatic heterocycles. The molecule has 28 heavy (non-hydrogen) atoms. The number of aliphatic hydroxyl groups is 1. The first-order valence-corrected chi connectivity index (χ1v) is 11.1. The summed E-state index contributed by atoms with van der Waals surface area (Å²) < 4.78 is 0. The third kappa shape index (κ3) is 4.77. The molecule has 1 saturated carbocycles. The number of likely N-dealkylation sites (tertiary alicyclic amines) is 2. The molecule has 154 valence electrons. The molecule has 1 amide bonds. The second-order valence-electron chi connectivity index (χ2n) is 10.2. The number of amides is 1. The van der Waals surface area contributed by atoms with Crippen LogP contribution in [-0.4, -0.2) is 52.6 Å². The van der Waals surface area contributed by atoms with Crippen molar-refractivity contribution in [2.24, 2.45) is 11.3 Å². The van der Waals surface area contributed by atoms with Crippen LogP contribution in [0.5, 0.6) is 0 Å². The normalized spacial score (nSPS) is 26.4. The number of carbonyl (C=O) groups is 1. The SMILES string of the molecule is CC(C)(O)CCc1ccc(CN2CCC3(CCCN(CC4CC4)C3=O)C2)cc1. The van der Waals surface area contributed by atoms with Crippen molar-refractivity contribution >= 4 is 5.91 Å². The molecule has 0 radical (unpaired) electrons. The number of rotatable bonds is 7. The van der Waals surface area contributed by atoms with Crippen LogP contribution in [0, 0.1) is 11.3 Å². The van der Waals surface area contributed by atoms with Gasteiger partial charge in [-0.1, -0.05) is 24.3 Å². The van der Waals surface area contributed by atoms with Crippen LogP contribution < -0.4 is 0 Å². The van der Waals surface area contributed by atoms with Gasteiger partial charge in [0.05, 0.1) is 11.0 Å². The van der Waals surface area contributed by atoms with Crippen LogP contribution in [0.25, 0.3) is 0 Å². The summed E-state index contributed by atoms with van der Waals surface area (Å²) in [5, 5.41) is 9.90. The molecule has 1 aliphatic carbocycles. The van der Waals surface area contributed by atoms with E-state index in [1.165, 1.54) is 30.4 Å². The van der Waals surface area contributed by atoms with Crippen LogP contribution in [0.3, 0.4) is 0 Å². The van der Waals surface area contributed by atoms with E-state index in [0.29, 0.717) is 5.91 Å². The highest BCUT2D eigenvalue weighted by Gasteiger charge is 2.48. The van der Waals surface area contributed by atoms with Crippen molar-refractivity contribution in [2.45, 2.75) is 70.9 Å². The predicted octanol–water partition coefficient (Wildman–Crippen LogP) is 3.61. The number of hydrogen-bond acceptors (Lipinski definition) is 3. The zero-order valence-corrected chi connectivity index (χ0v) is 17.6. The Kier molecular flexibility index (Phi) is 5.54. The molecule has 2 aliphatic heterocycles. The summed E-state index contributed by atoms with van der Waals surface area (Å²) in [6.07, 6.45) is 7.57. The van der Waals surface area contributed by atoms with Crippen molar-refractivity contribution in [3.05, 3.63) is 35.4 Å². The molecule has 2 heterocycles. The van der Waals surface area contributed by atoms with E-state index >= 15 is 0 Å². The topological polar surface area (TPSA) is 43.8 Å². The maximum atomic E-state index is 13.2. The molecule has 1 N–H and O–H groups in total. The number of aryl methyl sites for hydroxylation is 1. The molecule has 1 unspecified atom stereocenters. The van der Waals surface area contributed by atoms with E-state index in [9.17, 15) is 9.90 Å². The van der Waals surface area contributed by atoms with Crippen LogP contribution >= 0.6 is 0 Å². The van der Waals surface area contributed by atoms with Crippen molar-refractivity contribution in [3.63, 3.8) is 0 Å². The van der Waals surface area contributed by atoms with Gasteiger partial charge in [-0.15, -0.1) is 0 Å². The second-order valence-corrected chi connectivity index (χ2v) is 10.2. The monoisotopic (exact) mass is 384 g/mol. The first-order valence-electron chi connectivity index (χ1n) is 11.1. The Labute approximate surface area is 169 Å². The van der Waals surface area contributed by atoms with E-state index in [4.69, 9.17) is 0 Å². The number of carbonyl (C=O) groups excluding carboxylic acids is 1. The van der Waals surface area contributed by atoms with Gasteiger partial charge in [0.2, 0.25) is 5.91 Å². The van der Waals surface area contributed by atoms with Crippen LogP contribution in [0.4, 0.5) is 0 Å². The summed E-state index contributed by atoms with van der Waals surface area (Å²) in [6.45, 7) is 8.60. The highest BCUT2D eigenvalue weighted by molar-refractivity contribution is 5.84. The Morgan fingerprint density at radius 1 is 1.11 bits per heavy atom. The summed E-state index contributed by atoms with van der Waals surface area (Å²) in [4.78, 5) is 17.8. The number of benzene rings is 1. The fourth-order valence-electron chi connectivity index (χ4n) is 4.93. The van der Waals surface area contributed by atoms with Gasteiger partial charge in [0.25, 0.3) is 0 Å². The summed E-state index contributed by atoms with van der Waals surface area (Å²) in [5.74, 6) is 1.22. The van der Waals surface area contributed by atoms with Crippen molar-refractivity contribution in [2.75, 3.05) is 26.2 Å². The van der Waals surface area contributed by atoms with Gasteiger partial charge >= 0.3 is 0 Å². The highest BCUT2D eigenvalue weighted by atomic mass is 16.3. The van der Waals surface area contributed by atoms with E-state index in [2.05, 4.69) is 34.1 Å². The lowest BCUT2D eigenvalue weighted by atomic mass is 9.78. The van der Waals surface area contributed by atoms with Crippen LogP contribution in [0.2, 0.25) is 0 Å². The average Bonchev–Trinajstić information content (AvgIpc) is 3.38. The fourth-order valence-corrected chi connectivity index (χ4v) is 4.93. The second kappa shape index (κ2) is 7.79. The molecule has 4 heteroatoms. The standard InChI is InChI=1S/C24H36N2O2/c1-23(2,28)12-10-19-4-6-20(7-5-19)16-25-15-13-24(18-25)11-3-14-26(22(24)27)17-21-8-9-21/h4-7,21,28H,3,8-18H2,1-2H3. The number of nitrogens with zero attached hydrogens (tertiary/aromatic N) is 2. The van der Waals surface area contributed by atoms with Gasteiger partial charge in [-0.2, -0.15) is 0 Å². The van der Waals surface area contributed by atoms with Gasteiger partial charge in [-0.3, -0.25) is 9.69 Å². The van der Waals surface area contributed by atoms with Gasteiger partial charge in [-0.05, 0) is 82.4 Å². The minimum atomic E-state index is -0.609. The first-order chi connectivity index (χ1) is 13.3. The van der Waals surface area contributed by atoms with Gasteiger partial charge in [-0.25, -0.2) is 0 Å². The maximum absolute atomic E-state index is 13.2. The van der Waals surface area contributed by atoms with E-state index in [0.717, 1.165) is 64.3 Å². The molecule has 2 saturated heterocycles. The fraction of sp³-hybridized carbons (Fsp3) is 0.708. The van der Waals surface area contributed by atoms with Gasteiger partial charge in [0.15, 0.2) is 0 Å². The van der Waals surface area contributed by atoms with Crippen molar-refractivity contribution in [3.8, 4) is 0 Å². The van der Waals surface area contributed by atoms with Crippen LogP contribution in [-0.2, 0) is 17.8 Å². The first kappa shape index (κ1) is 19.9. The Morgan fingerprint density at radius 3 is 2.50 bits per heavy atom. The Hall–Kier alpha value is -1.39. The van der Waals surface area contributed by atoms with E-state index in [1.807, 2.05) is 13.8 Å². The Bertz CT molecular complexity index is 690. The van der Waals surface area contributed by atoms with E-state index < -0.39 is 5.60 Å². The largest absolute Gasteiger partial charge is 0.390 e. The zero-order valence-electron chi connectivity index (χ0n) is 17.6. The zero-order chi connectivity index (χ0) is 19.8. The summed E-state index contributed by atoms with van der Waals surface area (Å²) in [7, 11) is 0. The molecule has 1 spiro atoms. The molecule has 1 atom stereocenters. The summed E-state index contributed by atoms with van der Waals surface area (Å²) in [5.41, 5.74) is 1.88. The smallest absolute Gasteiger partial charge is 0.230 e. The predicted molar refractivity (Wildman–Crippen MR) is 112 cm³/mol. The maximum Gasteiger partial charge on any atom is 0.230 e. The lowest BCUT2D eigenvalue weighted by Gasteiger charge is -2.39. The third-order valence-electron chi connectivity index (χ3n) is 6.89. The highest BCUT2D eigenvalue weighted by Crippen LogP contribution is 2.42. The molecule has 3 fully saturated rings. The molecule has 3 aliphatic rings. The minimum absolute atomic E-state index is 0.111. The average molecular weight is 385 g/mol. The third-order valence-corrected chi connectivity index (χ3v) is 6.89. The van der Waals surface area contributed by atoms with Crippen molar-refractivity contribution in [1.29, 1.82) is 0 Å². The van der Waals surface area contributed by atoms with Gasteiger partial charge < -0.3 is 10.0 Å². The van der Waals surface area contributed by atoms with Gasteiger partial charge in [0, 0.05) is 26.2 Å². The van der Waals surface area contributed by atoms with Crippen molar-refractivity contribution < 1.29 is 9.90 Å². The lowest BCUT2D eigenvalue weighted by molar-refractivity contribution is -0.145. The van der Waals surface area contributed by atoms with Crippen molar-refractivity contribution in [1.82, 2.24) is 9.80 Å². The lowest BCUT2D eigenvalue weighted by Crippen LogP contribution is -2.50. The quantitative estimate of drug-likeness (QED) is 0.781. The molecule has 4 nitrogen and oxygen atoms in total. The Morgan fingerprint density at radius 2 is 1.82 bits per heavy atom. The molecule has 1 aromatic rings. The summed E-state index contributed by atoms with van der Waals surface area (Å²) >= 11 is 0. The number of piperidine rings is 1. The van der Waals surface area contributed by atoms with Crippen LogP contribution in [0.1, 0.15) is 63.5 Å². The van der Waals surface area contributed by atoms with Gasteiger partial charge in [0.1, 0.15) is 0 Å². The molecular weight excluding hydrogens is 348 g/mol. The van der Waals surface area contributed by atoms with E-state index in [-0.39, 0.29) is 5.41 Å².